The first-order valence-electron chi connectivity index (χ1n) is 5.39. The number of piperazine rings is 1. The summed E-state index contributed by atoms with van der Waals surface area (Å²) in [7, 11) is 0. The van der Waals surface area contributed by atoms with Crippen molar-refractivity contribution in [1.82, 2.24) is 4.90 Å². The van der Waals surface area contributed by atoms with Gasteiger partial charge in [0.05, 0.1) is 18.2 Å². The van der Waals surface area contributed by atoms with Gasteiger partial charge in [0, 0.05) is 12.8 Å². The Labute approximate surface area is 89.5 Å². The van der Waals surface area contributed by atoms with Crippen LogP contribution in [0.3, 0.4) is 0 Å². The highest BCUT2D eigenvalue weighted by atomic mass is 16.2. The molecule has 1 amide bonds. The van der Waals surface area contributed by atoms with E-state index in [0.29, 0.717) is 6.54 Å². The summed E-state index contributed by atoms with van der Waals surface area (Å²) < 4.78 is 2.16. The first kappa shape index (κ1) is 10.3. The highest BCUT2D eigenvalue weighted by molar-refractivity contribution is 5.78. The second kappa shape index (κ2) is 3.72. The molecule has 0 aliphatic carbocycles. The lowest BCUT2D eigenvalue weighted by Gasteiger charge is -2.30. The second-order valence-corrected chi connectivity index (χ2v) is 4.38. The molecule has 1 unspecified atom stereocenters. The molecular formula is C10H17N4O+. The first-order valence-corrected chi connectivity index (χ1v) is 5.39. The van der Waals surface area contributed by atoms with Crippen molar-refractivity contribution >= 4 is 11.7 Å². The van der Waals surface area contributed by atoms with Crippen LogP contribution in [0.1, 0.15) is 20.8 Å². The summed E-state index contributed by atoms with van der Waals surface area (Å²) in [5.41, 5.74) is 0. The zero-order chi connectivity index (χ0) is 11.0. The summed E-state index contributed by atoms with van der Waals surface area (Å²) in [6.07, 6.45) is 0.0569. The molecule has 0 aromatic heterocycles. The minimum Gasteiger partial charge on any atom is -0.332 e. The van der Waals surface area contributed by atoms with Crippen LogP contribution in [0.25, 0.3) is 0 Å². The number of hydrogen-bond acceptors (Lipinski definition) is 3. The van der Waals surface area contributed by atoms with Gasteiger partial charge in [-0.25, -0.2) is 4.58 Å². The van der Waals surface area contributed by atoms with Gasteiger partial charge in [-0.1, -0.05) is 13.8 Å². The van der Waals surface area contributed by atoms with Gasteiger partial charge >= 0.3 is 5.84 Å². The molecule has 0 radical (unpaired) electrons. The molecule has 2 aliphatic rings. The summed E-state index contributed by atoms with van der Waals surface area (Å²) in [5, 5.41) is 8.20. The topological polar surface area (TPSA) is 48.0 Å². The molecule has 2 aliphatic heterocycles. The van der Waals surface area contributed by atoms with Gasteiger partial charge in [0.2, 0.25) is 12.1 Å². The number of fused-ring (bicyclic) bond motifs is 1. The lowest BCUT2D eigenvalue weighted by molar-refractivity contribution is -0.570. The van der Waals surface area contributed by atoms with Crippen LogP contribution in [-0.4, -0.2) is 47.0 Å². The van der Waals surface area contributed by atoms with Crippen LogP contribution >= 0.6 is 0 Å². The summed E-state index contributed by atoms with van der Waals surface area (Å²) in [6.45, 7) is 8.14. The molecule has 0 saturated carbocycles. The van der Waals surface area contributed by atoms with Gasteiger partial charge in [-0.2, -0.15) is 0 Å². The van der Waals surface area contributed by atoms with Crippen LogP contribution in [0.2, 0.25) is 0 Å². The van der Waals surface area contributed by atoms with E-state index in [1.165, 1.54) is 0 Å². The molecule has 0 spiro atoms. The molecule has 0 aromatic carbocycles. The maximum atomic E-state index is 11.8. The summed E-state index contributed by atoms with van der Waals surface area (Å²) in [4.78, 5) is 13.7. The Hall–Kier alpha value is -1.26. The van der Waals surface area contributed by atoms with Crippen LogP contribution in [-0.2, 0) is 4.79 Å². The lowest BCUT2D eigenvalue weighted by atomic mass is 10.1. The van der Waals surface area contributed by atoms with Crippen LogP contribution in [0.4, 0.5) is 0 Å². The maximum Gasteiger partial charge on any atom is 0.320 e. The molecule has 1 fully saturated rings. The molecule has 15 heavy (non-hydrogen) atoms. The van der Waals surface area contributed by atoms with E-state index in [-0.39, 0.29) is 18.0 Å². The Balaban J connectivity index is 2.06. The van der Waals surface area contributed by atoms with E-state index >= 15 is 0 Å². The van der Waals surface area contributed by atoms with Gasteiger partial charge in [0.15, 0.2) is 0 Å². The zero-order valence-electron chi connectivity index (χ0n) is 9.47. The van der Waals surface area contributed by atoms with Crippen molar-refractivity contribution in [2.24, 2.45) is 16.1 Å². The lowest BCUT2D eigenvalue weighted by Crippen LogP contribution is -2.50. The van der Waals surface area contributed by atoms with Crippen LogP contribution in [0.15, 0.2) is 10.2 Å². The smallest absolute Gasteiger partial charge is 0.320 e. The molecule has 0 bridgehead atoms. The Kier molecular flexibility index (Phi) is 2.54. The van der Waals surface area contributed by atoms with Crippen molar-refractivity contribution in [3.05, 3.63) is 0 Å². The van der Waals surface area contributed by atoms with Crippen molar-refractivity contribution in [3.63, 3.8) is 0 Å². The fraction of sp³-hybridized carbons (Fsp3) is 0.800. The van der Waals surface area contributed by atoms with Gasteiger partial charge in [-0.05, 0) is 5.11 Å². The summed E-state index contributed by atoms with van der Waals surface area (Å²) >= 11 is 0. The molecule has 0 aromatic rings. The fourth-order valence-electron chi connectivity index (χ4n) is 2.01. The van der Waals surface area contributed by atoms with E-state index in [9.17, 15) is 4.79 Å². The molecule has 2 rings (SSSR count). The number of rotatable bonds is 1. The first-order chi connectivity index (χ1) is 7.09. The average Bonchev–Trinajstić information content (AvgIpc) is 2.59. The quantitative estimate of drug-likeness (QED) is 0.587. The third-order valence-electron chi connectivity index (χ3n) is 2.91. The highest BCUT2D eigenvalue weighted by Crippen LogP contribution is 2.14. The number of amides is 1. The van der Waals surface area contributed by atoms with Crippen LogP contribution < -0.4 is 0 Å². The third kappa shape index (κ3) is 1.78. The van der Waals surface area contributed by atoms with E-state index in [4.69, 9.17) is 0 Å². The van der Waals surface area contributed by atoms with Crippen molar-refractivity contribution in [1.29, 1.82) is 0 Å². The van der Waals surface area contributed by atoms with E-state index in [1.54, 1.807) is 0 Å². The molecule has 5 heteroatoms. The monoisotopic (exact) mass is 209 g/mol. The summed E-state index contributed by atoms with van der Waals surface area (Å²) in [6, 6.07) is 0. The van der Waals surface area contributed by atoms with Crippen molar-refractivity contribution in [2.45, 2.75) is 26.9 Å². The SMILES string of the molecule is CC1=[N+]2CCN(C(=O)C(C)C)CC2N=N1. The number of carbonyl (C=O) groups excluding carboxylic acids is 1. The molecule has 5 nitrogen and oxygen atoms in total. The average molecular weight is 209 g/mol. The van der Waals surface area contributed by atoms with Crippen LogP contribution in [0, 0.1) is 5.92 Å². The van der Waals surface area contributed by atoms with Gasteiger partial charge < -0.3 is 4.90 Å². The Morgan fingerprint density at radius 2 is 2.33 bits per heavy atom. The standard InChI is InChI=1S/C10H17N4O/c1-7(2)10(15)13-4-5-14-8(3)11-12-9(14)6-13/h7,9H,4-6H2,1-3H3/q+1. The second-order valence-electron chi connectivity index (χ2n) is 4.38. The van der Waals surface area contributed by atoms with Crippen molar-refractivity contribution < 1.29 is 9.37 Å². The van der Waals surface area contributed by atoms with Crippen molar-refractivity contribution in [2.75, 3.05) is 19.6 Å². The van der Waals surface area contributed by atoms with E-state index in [0.717, 1.165) is 18.9 Å². The van der Waals surface area contributed by atoms with E-state index < -0.39 is 0 Å². The predicted octanol–water partition coefficient (Wildman–Crippen LogP) is 0.707. The number of carbonyl (C=O) groups is 1. The number of amidine groups is 1. The summed E-state index contributed by atoms with van der Waals surface area (Å²) in [5.74, 6) is 1.26. The number of nitrogens with zero attached hydrogens (tertiary/aromatic N) is 4. The van der Waals surface area contributed by atoms with Gasteiger partial charge in [-0.15, -0.1) is 0 Å². The highest BCUT2D eigenvalue weighted by Gasteiger charge is 2.36. The van der Waals surface area contributed by atoms with Gasteiger partial charge in [-0.3, -0.25) is 4.79 Å². The fourth-order valence-corrected chi connectivity index (χ4v) is 2.01. The Bertz CT molecular complexity index is 345. The molecule has 2 heterocycles. The molecule has 1 saturated heterocycles. The zero-order valence-corrected chi connectivity index (χ0v) is 9.47. The molecule has 1 atom stereocenters. The minimum absolute atomic E-state index is 0.0569. The minimum atomic E-state index is 0.0569. The molecule has 0 N–H and O–H groups in total. The predicted molar refractivity (Wildman–Crippen MR) is 55.9 cm³/mol. The number of azo groups is 1. The largest absolute Gasteiger partial charge is 0.332 e. The van der Waals surface area contributed by atoms with Gasteiger partial charge in [0.1, 0.15) is 6.54 Å². The third-order valence-corrected chi connectivity index (χ3v) is 2.91. The van der Waals surface area contributed by atoms with E-state index in [2.05, 4.69) is 14.8 Å². The number of hydrogen-bond donors (Lipinski definition) is 0. The van der Waals surface area contributed by atoms with Gasteiger partial charge in [0.25, 0.3) is 0 Å². The Morgan fingerprint density at radius 3 is 3.00 bits per heavy atom. The van der Waals surface area contributed by atoms with Crippen molar-refractivity contribution in [3.8, 4) is 0 Å². The Morgan fingerprint density at radius 1 is 1.60 bits per heavy atom. The van der Waals surface area contributed by atoms with Crippen LogP contribution in [0.5, 0.6) is 0 Å². The normalized spacial score (nSPS) is 25.1. The molecule has 82 valence electrons. The van der Waals surface area contributed by atoms with E-state index in [1.807, 2.05) is 25.7 Å². The maximum absolute atomic E-state index is 11.8. The molecular weight excluding hydrogens is 192 g/mol.